The molecule has 0 aliphatic carbocycles. The molecule has 0 atom stereocenters. The Morgan fingerprint density at radius 1 is 0.792 bits per heavy atom. The molecule has 0 saturated heterocycles. The van der Waals surface area contributed by atoms with Crippen molar-refractivity contribution in [1.82, 2.24) is 4.98 Å². The maximum absolute atomic E-state index is 12.8. The van der Waals surface area contributed by atoms with Crippen LogP contribution in [0.1, 0.15) is 21.6 Å². The summed E-state index contributed by atoms with van der Waals surface area (Å²) < 4.78 is 0. The maximum Gasteiger partial charge on any atom is 0.213 e. The minimum absolute atomic E-state index is 0.167. The van der Waals surface area contributed by atoms with Gasteiger partial charge in [-0.25, -0.2) is 0 Å². The van der Waals surface area contributed by atoms with Gasteiger partial charge in [0.1, 0.15) is 5.71 Å². The summed E-state index contributed by atoms with van der Waals surface area (Å²) in [6, 6.07) is 23.9. The molecule has 0 bridgehead atoms. The number of nitrogens with zero attached hydrogens (tertiary/aromatic N) is 3. The predicted molar refractivity (Wildman–Crippen MR) is 95.6 cm³/mol. The van der Waals surface area contributed by atoms with Gasteiger partial charge in [0.25, 0.3) is 0 Å². The SMILES string of the molecule is O=C(/C(=N/N=C/c1ccccn1)c1ccccc1)c1ccccc1. The third-order valence-electron chi connectivity index (χ3n) is 3.33. The van der Waals surface area contributed by atoms with Crippen LogP contribution >= 0.6 is 0 Å². The number of Topliss-reactive ketones (excluding diaryl/α,β-unsaturated/α-hetero) is 1. The molecule has 0 unspecified atom stereocenters. The molecule has 116 valence electrons. The van der Waals surface area contributed by atoms with Crippen molar-refractivity contribution >= 4 is 17.7 Å². The molecule has 4 nitrogen and oxygen atoms in total. The van der Waals surface area contributed by atoms with Crippen molar-refractivity contribution in [2.75, 3.05) is 0 Å². The van der Waals surface area contributed by atoms with Gasteiger partial charge in [-0.05, 0) is 12.1 Å². The first-order valence-corrected chi connectivity index (χ1v) is 7.52. The molecule has 0 N–H and O–H groups in total. The molecule has 0 fully saturated rings. The Morgan fingerprint density at radius 3 is 2.04 bits per heavy atom. The van der Waals surface area contributed by atoms with Gasteiger partial charge in [-0.15, -0.1) is 5.10 Å². The molecular weight excluding hydrogens is 298 g/mol. The summed E-state index contributed by atoms with van der Waals surface area (Å²) in [5, 5.41) is 8.21. The van der Waals surface area contributed by atoms with E-state index in [1.165, 1.54) is 6.21 Å². The van der Waals surface area contributed by atoms with E-state index in [0.29, 0.717) is 17.0 Å². The van der Waals surface area contributed by atoms with Crippen LogP contribution in [0, 0.1) is 0 Å². The molecule has 0 saturated carbocycles. The molecule has 0 radical (unpaired) electrons. The highest BCUT2D eigenvalue weighted by Crippen LogP contribution is 2.09. The topological polar surface area (TPSA) is 54.7 Å². The summed E-state index contributed by atoms with van der Waals surface area (Å²) in [7, 11) is 0. The van der Waals surface area contributed by atoms with Gasteiger partial charge in [-0.2, -0.15) is 5.10 Å². The van der Waals surface area contributed by atoms with Gasteiger partial charge in [-0.3, -0.25) is 9.78 Å². The molecular formula is C20H15N3O. The first-order chi connectivity index (χ1) is 11.8. The minimum Gasteiger partial charge on any atom is -0.287 e. The Hall–Kier alpha value is -3.40. The van der Waals surface area contributed by atoms with E-state index in [1.807, 2.05) is 66.7 Å². The van der Waals surface area contributed by atoms with E-state index in [2.05, 4.69) is 15.2 Å². The van der Waals surface area contributed by atoms with Gasteiger partial charge in [0, 0.05) is 17.3 Å². The first kappa shape index (κ1) is 15.5. The lowest BCUT2D eigenvalue weighted by atomic mass is 10.0. The zero-order valence-corrected chi connectivity index (χ0v) is 12.9. The number of hydrogen-bond donors (Lipinski definition) is 0. The van der Waals surface area contributed by atoms with Crippen molar-refractivity contribution in [2.45, 2.75) is 0 Å². The molecule has 4 heteroatoms. The first-order valence-electron chi connectivity index (χ1n) is 7.52. The molecule has 0 aliphatic rings. The van der Waals surface area contributed by atoms with Crippen LogP contribution in [0.4, 0.5) is 0 Å². The van der Waals surface area contributed by atoms with Crippen LogP contribution in [0.3, 0.4) is 0 Å². The fourth-order valence-corrected chi connectivity index (χ4v) is 2.15. The van der Waals surface area contributed by atoms with Gasteiger partial charge in [-0.1, -0.05) is 66.7 Å². The number of carbonyl (C=O) groups is 1. The van der Waals surface area contributed by atoms with Crippen molar-refractivity contribution in [2.24, 2.45) is 10.2 Å². The second-order valence-electron chi connectivity index (χ2n) is 5.01. The monoisotopic (exact) mass is 313 g/mol. The summed E-state index contributed by atoms with van der Waals surface area (Å²) in [5.41, 5.74) is 2.28. The molecule has 1 aromatic heterocycles. The van der Waals surface area contributed by atoms with E-state index in [9.17, 15) is 4.79 Å². The third-order valence-corrected chi connectivity index (χ3v) is 3.33. The molecule has 0 spiro atoms. The highest BCUT2D eigenvalue weighted by Gasteiger charge is 2.15. The Balaban J connectivity index is 1.95. The second-order valence-corrected chi connectivity index (χ2v) is 5.01. The average molecular weight is 313 g/mol. The molecule has 0 amide bonds. The van der Waals surface area contributed by atoms with Crippen LogP contribution in [0.5, 0.6) is 0 Å². The van der Waals surface area contributed by atoms with Gasteiger partial charge < -0.3 is 0 Å². The van der Waals surface area contributed by atoms with Crippen LogP contribution in [-0.4, -0.2) is 22.7 Å². The predicted octanol–water partition coefficient (Wildman–Crippen LogP) is 3.79. The van der Waals surface area contributed by atoms with Crippen LogP contribution in [0.25, 0.3) is 0 Å². The number of aromatic nitrogens is 1. The Bertz CT molecular complexity index is 857. The van der Waals surface area contributed by atoms with Gasteiger partial charge in [0.2, 0.25) is 5.78 Å². The number of carbonyl (C=O) groups excluding carboxylic acids is 1. The molecule has 1 heterocycles. The lowest BCUT2D eigenvalue weighted by molar-refractivity contribution is 0.106. The van der Waals surface area contributed by atoms with Crippen molar-refractivity contribution in [3.8, 4) is 0 Å². The number of pyridine rings is 1. The van der Waals surface area contributed by atoms with Crippen LogP contribution in [0.15, 0.2) is 95.3 Å². The lowest BCUT2D eigenvalue weighted by Gasteiger charge is -2.04. The summed E-state index contributed by atoms with van der Waals surface area (Å²) in [5.74, 6) is -0.167. The van der Waals surface area contributed by atoms with Gasteiger partial charge >= 0.3 is 0 Å². The van der Waals surface area contributed by atoms with Crippen molar-refractivity contribution < 1.29 is 4.79 Å². The smallest absolute Gasteiger partial charge is 0.213 e. The minimum atomic E-state index is -0.167. The zero-order valence-electron chi connectivity index (χ0n) is 12.9. The number of ketones is 1. The molecule has 24 heavy (non-hydrogen) atoms. The molecule has 3 aromatic rings. The molecule has 0 aliphatic heterocycles. The standard InChI is InChI=1S/C20H15N3O/c24-20(17-11-5-2-6-12-17)19(16-9-3-1-4-10-16)23-22-15-18-13-7-8-14-21-18/h1-15H/b22-15+,23-19+. The second kappa shape index (κ2) is 7.74. The van der Waals surface area contributed by atoms with Gasteiger partial charge in [0.15, 0.2) is 0 Å². The van der Waals surface area contributed by atoms with Crippen molar-refractivity contribution in [1.29, 1.82) is 0 Å². The van der Waals surface area contributed by atoms with Crippen LogP contribution in [0.2, 0.25) is 0 Å². The van der Waals surface area contributed by atoms with E-state index < -0.39 is 0 Å². The Labute approximate surface area is 140 Å². The summed E-state index contributed by atoms with van der Waals surface area (Å²) in [6.45, 7) is 0. The number of hydrogen-bond acceptors (Lipinski definition) is 4. The van der Waals surface area contributed by atoms with E-state index >= 15 is 0 Å². The Morgan fingerprint density at radius 2 is 1.42 bits per heavy atom. The number of rotatable bonds is 5. The largest absolute Gasteiger partial charge is 0.287 e. The fraction of sp³-hybridized carbons (Fsp3) is 0. The zero-order chi connectivity index (χ0) is 16.6. The normalized spacial score (nSPS) is 11.6. The molecule has 2 aromatic carbocycles. The van der Waals surface area contributed by atoms with E-state index in [4.69, 9.17) is 0 Å². The third kappa shape index (κ3) is 3.87. The highest BCUT2D eigenvalue weighted by atomic mass is 16.1. The summed E-state index contributed by atoms with van der Waals surface area (Å²) in [4.78, 5) is 16.9. The fourth-order valence-electron chi connectivity index (χ4n) is 2.15. The van der Waals surface area contributed by atoms with Crippen molar-refractivity contribution in [3.05, 3.63) is 102 Å². The summed E-state index contributed by atoms with van der Waals surface area (Å²) >= 11 is 0. The quantitative estimate of drug-likeness (QED) is 0.409. The number of benzene rings is 2. The molecule has 3 rings (SSSR count). The van der Waals surface area contributed by atoms with Crippen LogP contribution < -0.4 is 0 Å². The van der Waals surface area contributed by atoms with Crippen molar-refractivity contribution in [3.63, 3.8) is 0 Å². The maximum atomic E-state index is 12.8. The highest BCUT2D eigenvalue weighted by molar-refractivity contribution is 6.51. The average Bonchev–Trinajstić information content (AvgIpc) is 2.67. The lowest BCUT2D eigenvalue weighted by Crippen LogP contribution is -2.15. The van der Waals surface area contributed by atoms with Crippen LogP contribution in [-0.2, 0) is 0 Å². The Kier molecular flexibility index (Phi) is 5.00. The van der Waals surface area contributed by atoms with E-state index in [0.717, 1.165) is 5.56 Å². The van der Waals surface area contributed by atoms with E-state index in [1.54, 1.807) is 18.3 Å². The summed E-state index contributed by atoms with van der Waals surface area (Å²) in [6.07, 6.45) is 3.21. The van der Waals surface area contributed by atoms with Gasteiger partial charge in [0.05, 0.1) is 11.9 Å². The van der Waals surface area contributed by atoms with E-state index in [-0.39, 0.29) is 5.78 Å².